The van der Waals surface area contributed by atoms with E-state index < -0.39 is 23.6 Å². The summed E-state index contributed by atoms with van der Waals surface area (Å²) in [6.45, 7) is -0.0206. The third-order valence-corrected chi connectivity index (χ3v) is 4.34. The predicted octanol–water partition coefficient (Wildman–Crippen LogP) is 3.95. The molecule has 11 heteroatoms. The number of imidazole rings is 1. The van der Waals surface area contributed by atoms with Gasteiger partial charge in [0.1, 0.15) is 6.54 Å². The number of hydrogen-bond donors (Lipinski definition) is 0. The van der Waals surface area contributed by atoms with Gasteiger partial charge in [0.25, 0.3) is 0 Å². The number of hydrogen-bond acceptors (Lipinski definition) is 3. The zero-order valence-corrected chi connectivity index (χ0v) is 14.6. The van der Waals surface area contributed by atoms with Crippen molar-refractivity contribution in [3.63, 3.8) is 0 Å². The topological polar surface area (TPSA) is 44.3 Å². The maximum absolute atomic E-state index is 13.2. The van der Waals surface area contributed by atoms with Crippen molar-refractivity contribution in [2.24, 2.45) is 0 Å². The van der Waals surface area contributed by atoms with Gasteiger partial charge in [0, 0.05) is 24.2 Å². The first-order valence-electron chi connectivity index (χ1n) is 8.47. The highest BCUT2D eigenvalue weighted by molar-refractivity contribution is 5.58. The molecule has 3 aromatic heterocycles. The number of pyridine rings is 1. The summed E-state index contributed by atoms with van der Waals surface area (Å²) in [5.74, 6) is 5.13. The van der Waals surface area contributed by atoms with Gasteiger partial charge >= 0.3 is 12.4 Å². The Morgan fingerprint density at radius 3 is 2.66 bits per heavy atom. The average Bonchev–Trinajstić information content (AvgIpc) is 3.25. The van der Waals surface area contributed by atoms with Crippen LogP contribution in [0.5, 0.6) is 5.88 Å². The fourth-order valence-electron chi connectivity index (χ4n) is 3.11. The van der Waals surface area contributed by atoms with Gasteiger partial charge in [0.15, 0.2) is 11.3 Å². The van der Waals surface area contributed by atoms with Crippen molar-refractivity contribution in [3.8, 4) is 17.7 Å². The Morgan fingerprint density at radius 2 is 1.93 bits per heavy atom. The minimum atomic E-state index is -4.63. The minimum Gasteiger partial charge on any atom is -0.478 e. The van der Waals surface area contributed by atoms with Crippen molar-refractivity contribution in [2.75, 3.05) is 6.61 Å². The lowest BCUT2D eigenvalue weighted by atomic mass is 10.1. The zero-order chi connectivity index (χ0) is 20.8. The number of halogens is 6. The van der Waals surface area contributed by atoms with Gasteiger partial charge in [-0.15, -0.1) is 0 Å². The summed E-state index contributed by atoms with van der Waals surface area (Å²) < 4.78 is 86.3. The molecule has 0 aromatic carbocycles. The van der Waals surface area contributed by atoms with E-state index in [2.05, 4.69) is 21.9 Å². The van der Waals surface area contributed by atoms with Crippen LogP contribution in [0.25, 0.3) is 5.65 Å². The SMILES string of the molecule is FC(F)(F)c1cc(C#CCn2nc(C(F)(F)F)c3c2OCCC3)c2nccn2c1. The highest BCUT2D eigenvalue weighted by atomic mass is 19.4. The second kappa shape index (κ2) is 6.72. The van der Waals surface area contributed by atoms with Crippen LogP contribution in [0.15, 0.2) is 24.7 Å². The molecule has 0 bridgehead atoms. The molecule has 29 heavy (non-hydrogen) atoms. The molecule has 1 aliphatic heterocycles. The van der Waals surface area contributed by atoms with E-state index in [0.29, 0.717) is 6.42 Å². The molecule has 152 valence electrons. The fraction of sp³-hybridized carbons (Fsp3) is 0.333. The molecule has 0 fully saturated rings. The monoisotopic (exact) mass is 414 g/mol. The molecule has 0 aliphatic carbocycles. The third kappa shape index (κ3) is 3.62. The van der Waals surface area contributed by atoms with E-state index in [1.807, 2.05) is 0 Å². The summed E-state index contributed by atoms with van der Waals surface area (Å²) in [6.07, 6.45) is -5.02. The van der Waals surface area contributed by atoms with E-state index in [9.17, 15) is 26.3 Å². The van der Waals surface area contributed by atoms with Crippen molar-refractivity contribution in [1.82, 2.24) is 19.2 Å². The number of ether oxygens (including phenoxy) is 1. The average molecular weight is 414 g/mol. The van der Waals surface area contributed by atoms with Gasteiger partial charge in [-0.2, -0.15) is 31.4 Å². The highest BCUT2D eigenvalue weighted by Gasteiger charge is 2.40. The van der Waals surface area contributed by atoms with Crippen molar-refractivity contribution >= 4 is 5.65 Å². The molecule has 0 spiro atoms. The van der Waals surface area contributed by atoms with Gasteiger partial charge in [-0.25, -0.2) is 9.67 Å². The molecule has 0 saturated heterocycles. The lowest BCUT2D eigenvalue weighted by Gasteiger charge is -2.15. The van der Waals surface area contributed by atoms with Crippen LogP contribution in [-0.2, 0) is 25.3 Å². The zero-order valence-electron chi connectivity index (χ0n) is 14.6. The summed E-state index contributed by atoms with van der Waals surface area (Å²) in [5, 5.41) is 3.57. The standard InChI is InChI=1S/C18H12F6N4O/c19-17(20,21)12-9-11(15-25-5-7-27(15)10-12)3-1-6-28-16-13(4-2-8-29-16)14(26-28)18(22,23)24/h5,7,9-10H,2,4,6,8H2. The molecule has 1 aliphatic rings. The van der Waals surface area contributed by atoms with Crippen molar-refractivity contribution in [3.05, 3.63) is 47.0 Å². The lowest BCUT2D eigenvalue weighted by Crippen LogP contribution is -2.13. The van der Waals surface area contributed by atoms with Gasteiger partial charge < -0.3 is 9.14 Å². The fourth-order valence-corrected chi connectivity index (χ4v) is 3.11. The van der Waals surface area contributed by atoms with Crippen LogP contribution in [0, 0.1) is 11.8 Å². The maximum atomic E-state index is 13.2. The summed E-state index contributed by atoms with van der Waals surface area (Å²) in [5.41, 5.74) is -1.75. The third-order valence-electron chi connectivity index (χ3n) is 4.34. The summed E-state index contributed by atoms with van der Waals surface area (Å²) in [4.78, 5) is 3.97. The first-order chi connectivity index (χ1) is 13.6. The van der Waals surface area contributed by atoms with Crippen molar-refractivity contribution in [1.29, 1.82) is 0 Å². The van der Waals surface area contributed by atoms with Crippen LogP contribution in [-0.4, -0.2) is 25.8 Å². The normalized spacial score (nSPS) is 14.3. The molecule has 0 radical (unpaired) electrons. The molecule has 0 atom stereocenters. The Kier molecular flexibility index (Phi) is 4.44. The van der Waals surface area contributed by atoms with Crippen LogP contribution < -0.4 is 4.74 Å². The summed E-state index contributed by atoms with van der Waals surface area (Å²) in [7, 11) is 0. The first-order valence-corrected chi connectivity index (χ1v) is 8.47. The van der Waals surface area contributed by atoms with Gasteiger partial charge in [-0.1, -0.05) is 11.8 Å². The van der Waals surface area contributed by atoms with E-state index in [0.717, 1.165) is 16.9 Å². The second-order valence-electron chi connectivity index (χ2n) is 6.34. The van der Waals surface area contributed by atoms with Gasteiger partial charge in [-0.3, -0.25) is 0 Å². The van der Waals surface area contributed by atoms with Gasteiger partial charge in [0.05, 0.1) is 17.7 Å². The summed E-state index contributed by atoms with van der Waals surface area (Å²) >= 11 is 0. The maximum Gasteiger partial charge on any atom is 0.435 e. The van der Waals surface area contributed by atoms with E-state index in [1.54, 1.807) is 0 Å². The number of fused-ring (bicyclic) bond motifs is 2. The quantitative estimate of drug-likeness (QED) is 0.448. The van der Waals surface area contributed by atoms with Crippen LogP contribution >= 0.6 is 0 Å². The number of nitrogens with zero attached hydrogens (tertiary/aromatic N) is 4. The van der Waals surface area contributed by atoms with E-state index in [1.165, 1.54) is 16.8 Å². The van der Waals surface area contributed by atoms with Crippen LogP contribution in [0.3, 0.4) is 0 Å². The Hall–Kier alpha value is -3.16. The molecule has 0 unspecified atom stereocenters. The van der Waals surface area contributed by atoms with E-state index >= 15 is 0 Å². The predicted molar refractivity (Wildman–Crippen MR) is 88.1 cm³/mol. The number of aromatic nitrogens is 4. The highest BCUT2D eigenvalue weighted by Crippen LogP contribution is 2.38. The molecule has 4 heterocycles. The second-order valence-corrected chi connectivity index (χ2v) is 6.34. The smallest absolute Gasteiger partial charge is 0.435 e. The van der Waals surface area contributed by atoms with Crippen molar-refractivity contribution in [2.45, 2.75) is 31.7 Å². The van der Waals surface area contributed by atoms with Crippen LogP contribution in [0.1, 0.15) is 28.8 Å². The van der Waals surface area contributed by atoms with E-state index in [4.69, 9.17) is 4.74 Å². The molecule has 4 rings (SSSR count). The molecule has 0 amide bonds. The van der Waals surface area contributed by atoms with Crippen LogP contribution in [0.4, 0.5) is 26.3 Å². The first kappa shape index (κ1) is 19.2. The molecule has 0 N–H and O–H groups in total. The number of alkyl halides is 6. The Balaban J connectivity index is 1.70. The minimum absolute atomic E-state index is 0.00260. The Labute approximate surface area is 159 Å². The molecular weight excluding hydrogens is 402 g/mol. The van der Waals surface area contributed by atoms with Gasteiger partial charge in [0.2, 0.25) is 5.88 Å². The van der Waals surface area contributed by atoms with Crippen LogP contribution in [0.2, 0.25) is 0 Å². The van der Waals surface area contributed by atoms with Gasteiger partial charge in [-0.05, 0) is 18.9 Å². The summed E-state index contributed by atoms with van der Waals surface area (Å²) in [6, 6.07) is 0.853. The van der Waals surface area contributed by atoms with E-state index in [-0.39, 0.29) is 42.2 Å². The molecule has 5 nitrogen and oxygen atoms in total. The Bertz CT molecular complexity index is 1130. The molecule has 0 saturated carbocycles. The molecular formula is C18H12F6N4O. The largest absolute Gasteiger partial charge is 0.478 e. The lowest BCUT2D eigenvalue weighted by molar-refractivity contribution is -0.142. The number of rotatable bonds is 1. The molecule has 3 aromatic rings. The van der Waals surface area contributed by atoms with Crippen molar-refractivity contribution < 1.29 is 31.1 Å². The Morgan fingerprint density at radius 1 is 1.14 bits per heavy atom.